The Kier molecular flexibility index (Phi) is 6.68. The van der Waals surface area contributed by atoms with Gasteiger partial charge in [-0.1, -0.05) is 25.0 Å². The number of pyridine rings is 1. The van der Waals surface area contributed by atoms with Gasteiger partial charge in [-0.15, -0.1) is 0 Å². The van der Waals surface area contributed by atoms with Crippen LogP contribution in [0.5, 0.6) is 0 Å². The number of aromatic nitrogens is 1. The monoisotopic (exact) mass is 541 g/mol. The van der Waals surface area contributed by atoms with Crippen molar-refractivity contribution < 1.29 is 18.0 Å². The molecule has 2 aromatic rings. The first kappa shape index (κ1) is 22.5. The second-order valence-electron chi connectivity index (χ2n) is 7.01. The number of nitrogens with one attached hydrogen (secondary N) is 1. The van der Waals surface area contributed by atoms with E-state index in [-0.39, 0.29) is 5.57 Å². The lowest BCUT2D eigenvalue weighted by atomic mass is 9.87. The van der Waals surface area contributed by atoms with Crippen molar-refractivity contribution in [1.29, 1.82) is 5.26 Å². The van der Waals surface area contributed by atoms with Gasteiger partial charge in [-0.3, -0.25) is 9.78 Å². The van der Waals surface area contributed by atoms with Gasteiger partial charge in [-0.2, -0.15) is 18.4 Å². The van der Waals surface area contributed by atoms with Crippen LogP contribution in [0, 0.1) is 11.3 Å². The van der Waals surface area contributed by atoms with E-state index in [2.05, 4.69) is 42.2 Å². The third-order valence-electron chi connectivity index (χ3n) is 5.06. The third-order valence-corrected chi connectivity index (χ3v) is 6.13. The summed E-state index contributed by atoms with van der Waals surface area (Å²) in [6.07, 6.45) is 1.32. The van der Waals surface area contributed by atoms with Crippen molar-refractivity contribution >= 4 is 43.8 Å². The van der Waals surface area contributed by atoms with Gasteiger partial charge in [0.25, 0.3) is 5.91 Å². The van der Waals surface area contributed by atoms with E-state index in [0.717, 1.165) is 29.4 Å². The topological polar surface area (TPSA) is 65.8 Å². The van der Waals surface area contributed by atoms with Gasteiger partial charge < -0.3 is 5.32 Å². The van der Waals surface area contributed by atoms with Gasteiger partial charge in [-0.05, 0) is 74.5 Å². The van der Waals surface area contributed by atoms with Crippen LogP contribution in [0.3, 0.4) is 0 Å². The van der Waals surface area contributed by atoms with E-state index in [9.17, 15) is 23.2 Å². The number of amides is 1. The van der Waals surface area contributed by atoms with E-state index in [1.54, 1.807) is 12.3 Å². The van der Waals surface area contributed by atoms with Crippen LogP contribution in [0.25, 0.3) is 6.08 Å². The van der Waals surface area contributed by atoms with Crippen LogP contribution < -0.4 is 5.32 Å². The molecule has 1 aromatic heterocycles. The quantitative estimate of drug-likeness (QED) is 0.374. The van der Waals surface area contributed by atoms with Gasteiger partial charge in [0.05, 0.1) is 16.8 Å². The number of benzene rings is 1. The molecular weight excluding hydrogens is 527 g/mol. The molecule has 1 saturated carbocycles. The van der Waals surface area contributed by atoms with Crippen LogP contribution in [0.1, 0.15) is 42.5 Å². The summed E-state index contributed by atoms with van der Waals surface area (Å²) in [6, 6.07) is 8.47. The maximum atomic E-state index is 12.9. The Bertz CT molecular complexity index is 1020. The predicted octanol–water partition coefficient (Wildman–Crippen LogP) is 6.12. The van der Waals surface area contributed by atoms with Crippen LogP contribution in [0.4, 0.5) is 13.2 Å². The Hall–Kier alpha value is -2.18. The lowest BCUT2D eigenvalue weighted by Gasteiger charge is -2.31. The van der Waals surface area contributed by atoms with Crippen molar-refractivity contribution in [2.45, 2.75) is 37.4 Å². The van der Waals surface area contributed by atoms with Crippen molar-refractivity contribution in [1.82, 2.24) is 10.3 Å². The molecule has 0 saturated heterocycles. The zero-order valence-corrected chi connectivity index (χ0v) is 18.7. The molecule has 0 aliphatic heterocycles. The Morgan fingerprint density at radius 2 is 1.83 bits per heavy atom. The van der Waals surface area contributed by atoms with Crippen molar-refractivity contribution in [3.63, 3.8) is 0 Å². The molecule has 1 aliphatic carbocycles. The fourth-order valence-corrected chi connectivity index (χ4v) is 4.65. The summed E-state index contributed by atoms with van der Waals surface area (Å²) in [7, 11) is 0. The number of rotatable bonds is 4. The number of nitriles is 1. The highest BCUT2D eigenvalue weighted by molar-refractivity contribution is 9.11. The molecule has 1 heterocycles. The van der Waals surface area contributed by atoms with E-state index < -0.39 is 23.2 Å². The summed E-state index contributed by atoms with van der Waals surface area (Å²) in [5.41, 5.74) is -0.665. The van der Waals surface area contributed by atoms with Gasteiger partial charge in [0.15, 0.2) is 0 Å². The van der Waals surface area contributed by atoms with E-state index in [4.69, 9.17) is 0 Å². The Morgan fingerprint density at radius 3 is 2.37 bits per heavy atom. The molecule has 0 radical (unpaired) electrons. The highest BCUT2D eigenvalue weighted by Gasteiger charge is 2.38. The summed E-state index contributed by atoms with van der Waals surface area (Å²) in [4.78, 5) is 17.1. The standard InChI is InChI=1S/C21H16Br2F3N3O/c22-16-10-17(23)18(28-12-16)9-13(11-27)19(30)29-20(7-1-2-8-20)14-3-5-15(6-4-14)21(24,25)26/h3-6,9-10,12H,1-2,7-8H2,(H,29,30)/b13-9+. The molecule has 1 N–H and O–H groups in total. The van der Waals surface area contributed by atoms with E-state index >= 15 is 0 Å². The van der Waals surface area contributed by atoms with Crippen LogP contribution in [0.15, 0.2) is 51.0 Å². The minimum atomic E-state index is -4.42. The second-order valence-corrected chi connectivity index (χ2v) is 8.78. The van der Waals surface area contributed by atoms with Crippen LogP contribution in [-0.2, 0) is 16.5 Å². The molecule has 156 valence electrons. The first-order valence-corrected chi connectivity index (χ1v) is 10.7. The maximum absolute atomic E-state index is 12.9. The molecule has 0 spiro atoms. The van der Waals surface area contributed by atoms with Gasteiger partial charge in [0.1, 0.15) is 11.6 Å². The van der Waals surface area contributed by atoms with Crippen LogP contribution in [0.2, 0.25) is 0 Å². The van der Waals surface area contributed by atoms with Crippen LogP contribution >= 0.6 is 31.9 Å². The average molecular weight is 543 g/mol. The van der Waals surface area contributed by atoms with Crippen molar-refractivity contribution in [3.05, 3.63) is 67.9 Å². The van der Waals surface area contributed by atoms with E-state index in [1.807, 2.05) is 6.07 Å². The highest BCUT2D eigenvalue weighted by Crippen LogP contribution is 2.40. The van der Waals surface area contributed by atoms with Gasteiger partial charge in [-0.25, -0.2) is 0 Å². The number of nitrogens with zero attached hydrogens (tertiary/aromatic N) is 2. The molecule has 0 bridgehead atoms. The lowest BCUT2D eigenvalue weighted by Crippen LogP contribution is -2.44. The largest absolute Gasteiger partial charge is 0.416 e. The normalized spacial score (nSPS) is 16.2. The molecule has 1 aliphatic rings. The van der Waals surface area contributed by atoms with Crippen LogP contribution in [-0.4, -0.2) is 10.9 Å². The molecule has 1 aromatic carbocycles. The summed E-state index contributed by atoms with van der Waals surface area (Å²) in [5, 5.41) is 12.4. The molecule has 1 fully saturated rings. The first-order valence-electron chi connectivity index (χ1n) is 9.08. The van der Waals surface area contributed by atoms with E-state index in [0.29, 0.717) is 28.6 Å². The highest BCUT2D eigenvalue weighted by atomic mass is 79.9. The number of carbonyl (C=O) groups is 1. The van der Waals surface area contributed by atoms with Gasteiger partial charge in [0.2, 0.25) is 0 Å². The Balaban J connectivity index is 1.89. The van der Waals surface area contributed by atoms with Crippen molar-refractivity contribution in [2.75, 3.05) is 0 Å². The van der Waals surface area contributed by atoms with E-state index in [1.165, 1.54) is 18.2 Å². The molecule has 30 heavy (non-hydrogen) atoms. The third kappa shape index (κ3) is 4.93. The zero-order chi connectivity index (χ0) is 21.9. The molecule has 1 amide bonds. The van der Waals surface area contributed by atoms with Gasteiger partial charge >= 0.3 is 6.18 Å². The minimum Gasteiger partial charge on any atom is -0.342 e. The number of halogens is 5. The van der Waals surface area contributed by atoms with Crippen molar-refractivity contribution in [2.24, 2.45) is 0 Å². The number of hydrogen-bond donors (Lipinski definition) is 1. The average Bonchev–Trinajstić information content (AvgIpc) is 3.16. The molecule has 3 rings (SSSR count). The summed E-state index contributed by atoms with van der Waals surface area (Å²) in [6.45, 7) is 0. The molecule has 0 unspecified atom stereocenters. The predicted molar refractivity (Wildman–Crippen MR) is 113 cm³/mol. The number of hydrogen-bond acceptors (Lipinski definition) is 3. The summed E-state index contributed by atoms with van der Waals surface area (Å²) < 4.78 is 40.0. The summed E-state index contributed by atoms with van der Waals surface area (Å²) >= 11 is 6.63. The fourth-order valence-electron chi connectivity index (χ4n) is 3.54. The number of carbonyl (C=O) groups excluding carboxylic acids is 1. The smallest absolute Gasteiger partial charge is 0.342 e. The van der Waals surface area contributed by atoms with Gasteiger partial charge in [0, 0.05) is 15.1 Å². The first-order chi connectivity index (χ1) is 14.1. The Labute approximate surface area is 188 Å². The zero-order valence-electron chi connectivity index (χ0n) is 15.6. The lowest BCUT2D eigenvalue weighted by molar-refractivity contribution is -0.137. The minimum absolute atomic E-state index is 0.135. The molecule has 0 atom stereocenters. The molecule has 4 nitrogen and oxygen atoms in total. The Morgan fingerprint density at radius 1 is 1.20 bits per heavy atom. The SMILES string of the molecule is N#C/C(=C\c1ncc(Br)cc1Br)C(=O)NC1(c2ccc(C(F)(F)F)cc2)CCCC1. The molecular formula is C21H16Br2F3N3O. The van der Waals surface area contributed by atoms with Crippen molar-refractivity contribution in [3.8, 4) is 6.07 Å². The maximum Gasteiger partial charge on any atom is 0.416 e. The fraction of sp³-hybridized carbons (Fsp3) is 0.286. The molecule has 9 heteroatoms. The summed E-state index contributed by atoms with van der Waals surface area (Å²) in [5.74, 6) is -0.587. The second kappa shape index (κ2) is 8.90. The number of alkyl halides is 3.